The third-order valence-corrected chi connectivity index (χ3v) is 7.80. The van der Waals surface area contributed by atoms with E-state index in [0.29, 0.717) is 22.3 Å². The van der Waals surface area contributed by atoms with Crippen molar-refractivity contribution in [3.63, 3.8) is 0 Å². The normalized spacial score (nSPS) is 13.9. The van der Waals surface area contributed by atoms with Gasteiger partial charge in [0, 0.05) is 22.3 Å². The molecule has 2 aromatic rings. The average molecular weight is 513 g/mol. The summed E-state index contributed by atoms with van der Waals surface area (Å²) in [6, 6.07) is 11.7. The Hall–Kier alpha value is -2.74. The zero-order valence-electron chi connectivity index (χ0n) is 24.7. The summed E-state index contributed by atoms with van der Waals surface area (Å²) in [5.74, 6) is 1.48. The Morgan fingerprint density at radius 3 is 1.87 bits per heavy atom. The number of aryl methyl sites for hydroxylation is 2. The van der Waals surface area contributed by atoms with Gasteiger partial charge >= 0.3 is 0 Å². The zero-order valence-corrected chi connectivity index (χ0v) is 24.7. The maximum atomic E-state index is 13.5. The smallest absolute Gasteiger partial charge is 0.194 e. The number of allylic oxidation sites excluding steroid dienone is 4. The van der Waals surface area contributed by atoms with E-state index in [9.17, 15) is 9.59 Å². The minimum atomic E-state index is -0.0264. The number of carbonyl (C=O) groups is 2. The summed E-state index contributed by atoms with van der Waals surface area (Å²) < 4.78 is 0. The van der Waals surface area contributed by atoms with Crippen LogP contribution in [0, 0.1) is 11.8 Å². The van der Waals surface area contributed by atoms with Gasteiger partial charge in [-0.15, -0.1) is 0 Å². The predicted octanol–water partition coefficient (Wildman–Crippen LogP) is 9.87. The highest BCUT2D eigenvalue weighted by Gasteiger charge is 2.29. The number of fused-ring (bicyclic) bond motifs is 2. The van der Waals surface area contributed by atoms with Crippen molar-refractivity contribution < 1.29 is 9.59 Å². The van der Waals surface area contributed by atoms with Crippen LogP contribution in [0.2, 0.25) is 0 Å². The van der Waals surface area contributed by atoms with Crippen molar-refractivity contribution in [2.75, 3.05) is 0 Å². The highest BCUT2D eigenvalue weighted by atomic mass is 16.1. The van der Waals surface area contributed by atoms with Crippen LogP contribution in [0.15, 0.2) is 59.7 Å². The molecule has 0 saturated carbocycles. The quantitative estimate of drug-likeness (QED) is 0.201. The van der Waals surface area contributed by atoms with E-state index in [1.807, 2.05) is 36.4 Å². The Kier molecular flexibility index (Phi) is 11.3. The van der Waals surface area contributed by atoms with Gasteiger partial charge in [0.15, 0.2) is 11.6 Å². The molecule has 2 heteroatoms. The fourth-order valence-corrected chi connectivity index (χ4v) is 5.41. The third kappa shape index (κ3) is 8.65. The van der Waals surface area contributed by atoms with Crippen LogP contribution in [0.1, 0.15) is 136 Å². The predicted molar refractivity (Wildman–Crippen MR) is 161 cm³/mol. The van der Waals surface area contributed by atoms with Crippen LogP contribution in [0.4, 0.5) is 0 Å². The topological polar surface area (TPSA) is 34.1 Å². The van der Waals surface area contributed by atoms with Gasteiger partial charge in [-0.3, -0.25) is 9.59 Å². The van der Waals surface area contributed by atoms with Gasteiger partial charge in [0.05, 0.1) is 0 Å². The lowest BCUT2D eigenvalue weighted by Crippen LogP contribution is -2.21. The molecule has 2 nitrogen and oxygen atoms in total. The molecule has 0 radical (unpaired) electrons. The number of hydrogen-bond donors (Lipinski definition) is 0. The van der Waals surface area contributed by atoms with Crippen LogP contribution in [0.5, 0.6) is 0 Å². The van der Waals surface area contributed by atoms with Crippen LogP contribution in [-0.2, 0) is 12.8 Å². The summed E-state index contributed by atoms with van der Waals surface area (Å²) >= 11 is 0. The molecule has 204 valence electrons. The molecule has 0 saturated heterocycles. The van der Waals surface area contributed by atoms with Gasteiger partial charge in [-0.2, -0.15) is 0 Å². The average Bonchev–Trinajstić information content (AvgIpc) is 2.86. The van der Waals surface area contributed by atoms with E-state index in [-0.39, 0.29) is 11.6 Å². The highest BCUT2D eigenvalue weighted by molar-refractivity contribution is 6.28. The van der Waals surface area contributed by atoms with E-state index in [4.69, 9.17) is 0 Å². The van der Waals surface area contributed by atoms with Crippen LogP contribution < -0.4 is 0 Å². The van der Waals surface area contributed by atoms with E-state index in [2.05, 4.69) is 53.7 Å². The van der Waals surface area contributed by atoms with Gasteiger partial charge in [0.2, 0.25) is 0 Å². The van der Waals surface area contributed by atoms with Crippen molar-refractivity contribution in [3.8, 4) is 0 Å². The molecule has 0 aliphatic heterocycles. The number of ketones is 2. The second-order valence-corrected chi connectivity index (χ2v) is 12.1. The SMILES string of the molecule is CC(C)=CCC/C(C)=C/CCc1ccc2c(c1)C(=O)c1cc(CCCC(C)CCCC(C)C)ccc1C2=O. The first-order valence-electron chi connectivity index (χ1n) is 14.8. The van der Waals surface area contributed by atoms with E-state index in [0.717, 1.165) is 61.5 Å². The van der Waals surface area contributed by atoms with E-state index >= 15 is 0 Å². The lowest BCUT2D eigenvalue weighted by Gasteiger charge is -2.19. The van der Waals surface area contributed by atoms with Gasteiger partial charge in [-0.25, -0.2) is 0 Å². The first-order valence-corrected chi connectivity index (χ1v) is 14.8. The van der Waals surface area contributed by atoms with Gasteiger partial charge < -0.3 is 0 Å². The zero-order chi connectivity index (χ0) is 27.7. The Morgan fingerprint density at radius 2 is 1.26 bits per heavy atom. The van der Waals surface area contributed by atoms with Crippen LogP contribution in [0.25, 0.3) is 0 Å². The van der Waals surface area contributed by atoms with E-state index in [1.54, 1.807) is 0 Å². The minimum absolute atomic E-state index is 0.00574. The molecule has 1 aliphatic carbocycles. The Balaban J connectivity index is 1.61. The summed E-state index contributed by atoms with van der Waals surface area (Å²) in [5.41, 5.74) is 7.29. The molecule has 38 heavy (non-hydrogen) atoms. The second kappa shape index (κ2) is 14.4. The minimum Gasteiger partial charge on any atom is -0.289 e. The van der Waals surface area contributed by atoms with Crippen LogP contribution in [-0.4, -0.2) is 11.6 Å². The van der Waals surface area contributed by atoms with Crippen molar-refractivity contribution in [1.29, 1.82) is 0 Å². The summed E-state index contributed by atoms with van der Waals surface area (Å²) in [5, 5.41) is 0. The number of rotatable bonds is 14. The fourth-order valence-electron chi connectivity index (χ4n) is 5.41. The molecule has 0 aromatic heterocycles. The van der Waals surface area contributed by atoms with Crippen molar-refractivity contribution in [3.05, 3.63) is 93.1 Å². The molecule has 3 rings (SSSR count). The number of carbonyl (C=O) groups excluding carboxylic acids is 2. The van der Waals surface area contributed by atoms with Gasteiger partial charge in [0.25, 0.3) is 0 Å². The van der Waals surface area contributed by atoms with Crippen molar-refractivity contribution in [1.82, 2.24) is 0 Å². The maximum absolute atomic E-state index is 13.5. The van der Waals surface area contributed by atoms with Crippen molar-refractivity contribution in [2.45, 2.75) is 106 Å². The first kappa shape index (κ1) is 29.8. The lowest BCUT2D eigenvalue weighted by molar-refractivity contribution is 0.0979. The molecule has 1 unspecified atom stereocenters. The summed E-state index contributed by atoms with van der Waals surface area (Å²) in [6.07, 6.45) is 15.7. The standard InChI is InChI=1S/C36H48O2/c1-25(2)11-7-13-27(5)15-9-17-29-19-21-31-33(23-29)36(38)34-24-30(20-22-32(34)35(31)37)18-10-16-28(6)14-8-12-26(3)4/h11,15,19-24,26,28H,7-10,12-14,16-18H2,1-6H3/b27-15+. The summed E-state index contributed by atoms with van der Waals surface area (Å²) in [6.45, 7) is 13.4. The van der Waals surface area contributed by atoms with Crippen molar-refractivity contribution >= 4 is 11.6 Å². The van der Waals surface area contributed by atoms with Gasteiger partial charge in [-0.1, -0.05) is 94.0 Å². The van der Waals surface area contributed by atoms with Gasteiger partial charge in [-0.05, 0) is 94.4 Å². The fraction of sp³-hybridized carbons (Fsp3) is 0.500. The molecule has 2 aromatic carbocycles. The Bertz CT molecular complexity index is 1170. The van der Waals surface area contributed by atoms with Crippen LogP contribution in [0.3, 0.4) is 0 Å². The molecule has 0 bridgehead atoms. The third-order valence-electron chi connectivity index (χ3n) is 7.80. The molecular weight excluding hydrogens is 464 g/mol. The first-order chi connectivity index (χ1) is 18.2. The molecule has 0 heterocycles. The number of hydrogen-bond acceptors (Lipinski definition) is 2. The molecular formula is C36H48O2. The van der Waals surface area contributed by atoms with Gasteiger partial charge in [0.1, 0.15) is 0 Å². The Labute approximate surface area is 231 Å². The summed E-state index contributed by atoms with van der Waals surface area (Å²) in [4.78, 5) is 26.7. The summed E-state index contributed by atoms with van der Waals surface area (Å²) in [7, 11) is 0. The largest absolute Gasteiger partial charge is 0.289 e. The molecule has 0 amide bonds. The monoisotopic (exact) mass is 512 g/mol. The molecule has 1 aliphatic rings. The number of benzene rings is 2. The molecule has 1 atom stereocenters. The molecule has 0 fully saturated rings. The van der Waals surface area contributed by atoms with Crippen LogP contribution >= 0.6 is 0 Å². The van der Waals surface area contributed by atoms with Crippen molar-refractivity contribution in [2.24, 2.45) is 11.8 Å². The van der Waals surface area contributed by atoms with E-state index in [1.165, 1.54) is 36.8 Å². The highest BCUT2D eigenvalue weighted by Crippen LogP contribution is 2.30. The Morgan fingerprint density at radius 1 is 0.684 bits per heavy atom. The second-order valence-electron chi connectivity index (χ2n) is 12.1. The lowest BCUT2D eigenvalue weighted by atomic mass is 9.82. The maximum Gasteiger partial charge on any atom is 0.194 e. The molecule has 0 N–H and O–H groups in total. The molecule has 0 spiro atoms. The van der Waals surface area contributed by atoms with E-state index < -0.39 is 0 Å².